The van der Waals surface area contributed by atoms with Crippen LogP contribution in [0.25, 0.3) is 0 Å². The first kappa shape index (κ1) is 29.9. The van der Waals surface area contributed by atoms with Crippen molar-refractivity contribution in [3.05, 3.63) is 69.7 Å². The number of carbonyl (C=O) groups excluding carboxylic acids is 2. The first-order chi connectivity index (χ1) is 18.6. The molecule has 2 heterocycles. The van der Waals surface area contributed by atoms with Crippen molar-refractivity contribution in [3.63, 3.8) is 0 Å². The molecule has 6 nitrogen and oxygen atoms in total. The molecule has 2 aliphatic rings. The van der Waals surface area contributed by atoms with Crippen LogP contribution in [-0.2, 0) is 19.1 Å². The maximum absolute atomic E-state index is 14.4. The van der Waals surface area contributed by atoms with Crippen molar-refractivity contribution in [2.75, 3.05) is 32.8 Å². The molecule has 1 amide bonds. The van der Waals surface area contributed by atoms with Crippen LogP contribution >= 0.6 is 23.2 Å². The molecule has 0 radical (unpaired) electrons. The lowest BCUT2D eigenvalue weighted by molar-refractivity contribution is -0.162. The fourth-order valence-corrected chi connectivity index (χ4v) is 6.17. The number of esters is 1. The van der Waals surface area contributed by atoms with Gasteiger partial charge in [0.15, 0.2) is 0 Å². The zero-order chi connectivity index (χ0) is 28.2. The van der Waals surface area contributed by atoms with Gasteiger partial charge in [-0.25, -0.2) is 0 Å². The van der Waals surface area contributed by atoms with Gasteiger partial charge in [0.2, 0.25) is 5.91 Å². The van der Waals surface area contributed by atoms with E-state index in [9.17, 15) is 9.59 Å². The van der Waals surface area contributed by atoms with E-state index in [1.807, 2.05) is 63.2 Å². The van der Waals surface area contributed by atoms with E-state index in [-0.39, 0.29) is 36.3 Å². The molecule has 212 valence electrons. The lowest BCUT2D eigenvalue weighted by Crippen LogP contribution is -2.55. The maximum atomic E-state index is 14.4. The molecule has 2 aromatic carbocycles. The number of hydrogen-bond donors (Lipinski definition) is 0. The van der Waals surface area contributed by atoms with Crippen molar-refractivity contribution in [2.45, 2.75) is 70.6 Å². The Balaban J connectivity index is 1.77. The van der Waals surface area contributed by atoms with Crippen molar-refractivity contribution in [2.24, 2.45) is 5.92 Å². The normalized spacial score (nSPS) is 23.5. The van der Waals surface area contributed by atoms with Crippen LogP contribution in [0.5, 0.6) is 0 Å². The Bertz CT molecular complexity index is 1130. The summed E-state index contributed by atoms with van der Waals surface area (Å²) in [5.41, 5.74) is 1.46. The molecule has 4 atom stereocenters. The molecule has 39 heavy (non-hydrogen) atoms. The smallest absolute Gasteiger partial charge is 0.307 e. The van der Waals surface area contributed by atoms with Gasteiger partial charge < -0.3 is 14.4 Å². The van der Waals surface area contributed by atoms with Crippen molar-refractivity contribution >= 4 is 35.1 Å². The molecule has 0 spiro atoms. The minimum absolute atomic E-state index is 0.000744. The van der Waals surface area contributed by atoms with Crippen LogP contribution < -0.4 is 0 Å². The Kier molecular flexibility index (Phi) is 9.97. The fourth-order valence-electron chi connectivity index (χ4n) is 5.84. The number of ether oxygens (including phenoxy) is 2. The highest BCUT2D eigenvalue weighted by atomic mass is 35.5. The summed E-state index contributed by atoms with van der Waals surface area (Å²) in [4.78, 5) is 31.8. The first-order valence-corrected chi connectivity index (χ1v) is 14.7. The molecule has 0 aliphatic carbocycles. The van der Waals surface area contributed by atoms with E-state index in [4.69, 9.17) is 32.7 Å². The summed E-state index contributed by atoms with van der Waals surface area (Å²) in [7, 11) is 0. The summed E-state index contributed by atoms with van der Waals surface area (Å²) < 4.78 is 11.2. The van der Waals surface area contributed by atoms with Crippen molar-refractivity contribution in [1.29, 1.82) is 0 Å². The molecule has 2 aromatic rings. The van der Waals surface area contributed by atoms with Gasteiger partial charge in [-0.1, -0.05) is 54.4 Å². The highest BCUT2D eigenvalue weighted by molar-refractivity contribution is 6.30. The number of rotatable bonds is 8. The average molecular weight is 576 g/mol. The molecular weight excluding hydrogens is 535 g/mol. The number of hydrogen-bond acceptors (Lipinski definition) is 5. The average Bonchev–Trinajstić information content (AvgIpc) is 2.88. The molecule has 1 unspecified atom stereocenters. The molecule has 2 saturated heterocycles. The molecular formula is C31H40Cl2N2O4. The zero-order valence-electron chi connectivity index (χ0n) is 23.4. The lowest BCUT2D eigenvalue weighted by atomic mass is 9.74. The van der Waals surface area contributed by atoms with Gasteiger partial charge in [0, 0.05) is 47.6 Å². The minimum atomic E-state index is -0.616. The van der Waals surface area contributed by atoms with Crippen molar-refractivity contribution in [1.82, 2.24) is 9.80 Å². The van der Waals surface area contributed by atoms with Crippen LogP contribution in [0, 0.1) is 5.92 Å². The Morgan fingerprint density at radius 3 is 2.36 bits per heavy atom. The second-order valence-electron chi connectivity index (χ2n) is 11.6. The van der Waals surface area contributed by atoms with E-state index >= 15 is 0 Å². The Hall–Kier alpha value is -2.12. The van der Waals surface area contributed by atoms with Crippen molar-refractivity contribution < 1.29 is 19.1 Å². The number of piperidine rings is 1. The van der Waals surface area contributed by atoms with Crippen LogP contribution in [0.1, 0.15) is 70.0 Å². The number of halogens is 2. The summed E-state index contributed by atoms with van der Waals surface area (Å²) in [5.74, 6) is -0.907. The Morgan fingerprint density at radius 1 is 1.05 bits per heavy atom. The Labute approximate surface area is 242 Å². The molecule has 0 saturated carbocycles. The van der Waals surface area contributed by atoms with Crippen LogP contribution in [-0.4, -0.2) is 66.2 Å². The van der Waals surface area contributed by atoms with E-state index < -0.39 is 11.5 Å². The predicted molar refractivity (Wildman–Crippen MR) is 155 cm³/mol. The molecule has 0 N–H and O–H groups in total. The lowest BCUT2D eigenvalue weighted by Gasteiger charge is -2.49. The van der Waals surface area contributed by atoms with E-state index in [0.717, 1.165) is 37.2 Å². The first-order valence-electron chi connectivity index (χ1n) is 13.9. The standard InChI is InChI=1S/C31H40Cl2N2O4/c1-5-26(20-34-13-15-38-16-14-34)35-29(21-9-11-24(32)12-10-21)27(22-7-6-8-25(33)17-22)18-23(30(35)37)19-28(36)39-31(2,3)4/h6-12,17,23,26-27,29H,5,13-16,18-20H2,1-4H3/t23-,26+,27-,29?/m1/s1. The number of benzene rings is 2. The number of amides is 1. The van der Waals surface area contributed by atoms with Crippen LogP contribution in [0.3, 0.4) is 0 Å². The third kappa shape index (κ3) is 7.75. The van der Waals surface area contributed by atoms with E-state index in [1.54, 1.807) is 0 Å². The van der Waals surface area contributed by atoms with Gasteiger partial charge in [0.05, 0.1) is 25.7 Å². The van der Waals surface area contributed by atoms with Gasteiger partial charge >= 0.3 is 5.97 Å². The van der Waals surface area contributed by atoms with Gasteiger partial charge in [-0.05, 0) is 69.0 Å². The summed E-state index contributed by atoms with van der Waals surface area (Å²) in [6.45, 7) is 11.5. The molecule has 4 rings (SSSR count). The monoisotopic (exact) mass is 574 g/mol. The molecule has 2 fully saturated rings. The molecule has 2 aliphatic heterocycles. The van der Waals surface area contributed by atoms with Gasteiger partial charge in [-0.15, -0.1) is 0 Å². The predicted octanol–water partition coefficient (Wildman–Crippen LogP) is 6.51. The van der Waals surface area contributed by atoms with Gasteiger partial charge in [0.25, 0.3) is 0 Å². The van der Waals surface area contributed by atoms with Crippen molar-refractivity contribution in [3.8, 4) is 0 Å². The highest BCUT2D eigenvalue weighted by Gasteiger charge is 2.46. The largest absolute Gasteiger partial charge is 0.460 e. The number of likely N-dealkylation sites (tertiary alicyclic amines) is 1. The maximum Gasteiger partial charge on any atom is 0.307 e. The van der Waals surface area contributed by atoms with Gasteiger partial charge in [-0.3, -0.25) is 14.5 Å². The van der Waals surface area contributed by atoms with Crippen LogP contribution in [0.15, 0.2) is 48.5 Å². The summed E-state index contributed by atoms with van der Waals surface area (Å²) >= 11 is 12.7. The number of nitrogens with zero attached hydrogens (tertiary/aromatic N) is 2. The third-order valence-electron chi connectivity index (χ3n) is 7.58. The molecule has 8 heteroatoms. The summed E-state index contributed by atoms with van der Waals surface area (Å²) in [5, 5.41) is 1.30. The van der Waals surface area contributed by atoms with E-state index in [0.29, 0.717) is 29.7 Å². The van der Waals surface area contributed by atoms with Gasteiger partial charge in [0.1, 0.15) is 5.60 Å². The topological polar surface area (TPSA) is 59.1 Å². The van der Waals surface area contributed by atoms with Crippen LogP contribution in [0.2, 0.25) is 10.0 Å². The summed E-state index contributed by atoms with van der Waals surface area (Å²) in [6.07, 6.45) is 1.36. The molecule has 0 bridgehead atoms. The van der Waals surface area contributed by atoms with Crippen LogP contribution in [0.4, 0.5) is 0 Å². The SMILES string of the molecule is CC[C@@H](CN1CCOCC1)N1C(=O)[C@@H](CC(=O)OC(C)(C)C)C[C@H](c2cccc(Cl)c2)C1c1ccc(Cl)cc1. The second kappa shape index (κ2) is 13.0. The second-order valence-corrected chi connectivity index (χ2v) is 12.5. The summed E-state index contributed by atoms with van der Waals surface area (Å²) in [6, 6.07) is 15.4. The molecule has 0 aromatic heterocycles. The van der Waals surface area contributed by atoms with E-state index in [1.165, 1.54) is 0 Å². The fraction of sp³-hybridized carbons (Fsp3) is 0.548. The quantitative estimate of drug-likeness (QED) is 0.336. The van der Waals surface area contributed by atoms with E-state index in [2.05, 4.69) is 22.8 Å². The number of morpholine rings is 1. The minimum Gasteiger partial charge on any atom is -0.460 e. The Morgan fingerprint density at radius 2 is 1.74 bits per heavy atom. The zero-order valence-corrected chi connectivity index (χ0v) is 24.9. The number of carbonyl (C=O) groups is 2. The van der Waals surface area contributed by atoms with Gasteiger partial charge in [-0.2, -0.15) is 0 Å². The third-order valence-corrected chi connectivity index (χ3v) is 8.07. The highest BCUT2D eigenvalue weighted by Crippen LogP contribution is 2.48.